The molecule has 2 aliphatic rings. The lowest BCUT2D eigenvalue weighted by Gasteiger charge is -2.32. The molecule has 0 aromatic carbocycles. The van der Waals surface area contributed by atoms with Crippen molar-refractivity contribution in [2.24, 2.45) is 0 Å². The van der Waals surface area contributed by atoms with Crippen molar-refractivity contribution in [3.63, 3.8) is 0 Å². The zero-order chi connectivity index (χ0) is 12.9. The van der Waals surface area contributed by atoms with Gasteiger partial charge in [-0.2, -0.15) is 13.2 Å². The summed E-state index contributed by atoms with van der Waals surface area (Å²) >= 11 is 0. The van der Waals surface area contributed by atoms with Crippen molar-refractivity contribution < 1.29 is 18.3 Å². The average Bonchev–Trinajstić information content (AvgIpc) is 2.63. The number of nitrogens with one attached hydrogen (secondary N) is 1. The van der Waals surface area contributed by atoms with Crippen LogP contribution in [0.2, 0.25) is 0 Å². The number of aromatic nitrogens is 1. The molecule has 1 aromatic rings. The Morgan fingerprint density at radius 1 is 1.44 bits per heavy atom. The lowest BCUT2D eigenvalue weighted by atomic mass is 10.1. The second kappa shape index (κ2) is 3.83. The van der Waals surface area contributed by atoms with Gasteiger partial charge in [-0.15, -0.1) is 0 Å². The summed E-state index contributed by atoms with van der Waals surface area (Å²) in [6.45, 7) is 1.94. The minimum absolute atomic E-state index is 0.218. The first-order valence-electron chi connectivity index (χ1n) is 5.71. The summed E-state index contributed by atoms with van der Waals surface area (Å²) < 4.78 is 37.8. The lowest BCUT2D eigenvalue weighted by molar-refractivity contribution is -0.137. The fourth-order valence-corrected chi connectivity index (χ4v) is 2.57. The van der Waals surface area contributed by atoms with Crippen LogP contribution in [0.5, 0.6) is 0 Å². The van der Waals surface area contributed by atoms with Gasteiger partial charge in [0.25, 0.3) is 0 Å². The van der Waals surface area contributed by atoms with Gasteiger partial charge in [-0.3, -0.25) is 0 Å². The van der Waals surface area contributed by atoms with Crippen molar-refractivity contribution in [3.8, 4) is 0 Å². The van der Waals surface area contributed by atoms with Gasteiger partial charge in [-0.1, -0.05) is 0 Å². The standard InChI is InChI=1S/C11H12F3N3O/c12-11(13,14)6-3-7-9(18)8-5-15-1-2-17(8)10(7)16-4-6/h3-4,8-9,15,18H,1-2,5H2/t8-,9+/m0/s1. The fourth-order valence-electron chi connectivity index (χ4n) is 2.57. The van der Waals surface area contributed by atoms with Crippen molar-refractivity contribution in [3.05, 3.63) is 23.4 Å². The monoisotopic (exact) mass is 259 g/mol. The van der Waals surface area contributed by atoms with E-state index in [0.717, 1.165) is 18.8 Å². The number of aliphatic hydroxyl groups is 1. The second-order valence-electron chi connectivity index (χ2n) is 4.54. The summed E-state index contributed by atoms with van der Waals surface area (Å²) in [4.78, 5) is 5.75. The van der Waals surface area contributed by atoms with E-state index >= 15 is 0 Å². The van der Waals surface area contributed by atoms with E-state index in [-0.39, 0.29) is 11.6 Å². The van der Waals surface area contributed by atoms with E-state index in [1.807, 2.05) is 4.90 Å². The van der Waals surface area contributed by atoms with E-state index in [4.69, 9.17) is 0 Å². The van der Waals surface area contributed by atoms with Crippen LogP contribution in [-0.2, 0) is 6.18 Å². The van der Waals surface area contributed by atoms with Crippen molar-refractivity contribution in [1.82, 2.24) is 10.3 Å². The molecule has 98 valence electrons. The Morgan fingerprint density at radius 3 is 2.94 bits per heavy atom. The molecule has 0 bridgehead atoms. The molecule has 4 nitrogen and oxygen atoms in total. The third kappa shape index (κ3) is 1.65. The molecule has 0 aliphatic carbocycles. The maximum Gasteiger partial charge on any atom is 0.417 e. The molecule has 1 aromatic heterocycles. The molecular formula is C11H12F3N3O. The molecule has 3 heterocycles. The van der Waals surface area contributed by atoms with Gasteiger partial charge in [0.05, 0.1) is 11.6 Å². The third-order valence-corrected chi connectivity index (χ3v) is 3.46. The van der Waals surface area contributed by atoms with E-state index in [0.29, 0.717) is 18.9 Å². The molecule has 18 heavy (non-hydrogen) atoms. The first kappa shape index (κ1) is 11.7. The number of aliphatic hydroxyl groups excluding tert-OH is 1. The van der Waals surface area contributed by atoms with E-state index in [1.54, 1.807) is 0 Å². The van der Waals surface area contributed by atoms with Gasteiger partial charge >= 0.3 is 6.18 Å². The van der Waals surface area contributed by atoms with Crippen LogP contribution < -0.4 is 10.2 Å². The Bertz CT molecular complexity index is 477. The van der Waals surface area contributed by atoms with Crippen LogP contribution in [-0.4, -0.2) is 35.8 Å². The number of nitrogens with zero attached hydrogens (tertiary/aromatic N) is 2. The van der Waals surface area contributed by atoms with E-state index in [1.165, 1.54) is 0 Å². The van der Waals surface area contributed by atoms with E-state index < -0.39 is 17.8 Å². The molecule has 7 heteroatoms. The number of hydrogen-bond donors (Lipinski definition) is 2. The van der Waals surface area contributed by atoms with Crippen LogP contribution >= 0.6 is 0 Å². The summed E-state index contributed by atoms with van der Waals surface area (Å²) in [5, 5.41) is 13.2. The van der Waals surface area contributed by atoms with Crippen LogP contribution in [0.1, 0.15) is 17.2 Å². The topological polar surface area (TPSA) is 48.4 Å². The Labute approximate surface area is 101 Å². The molecule has 2 N–H and O–H groups in total. The van der Waals surface area contributed by atoms with E-state index in [9.17, 15) is 18.3 Å². The van der Waals surface area contributed by atoms with Crippen LogP contribution in [0.4, 0.5) is 19.0 Å². The van der Waals surface area contributed by atoms with Gasteiger partial charge in [0.2, 0.25) is 0 Å². The zero-order valence-electron chi connectivity index (χ0n) is 9.41. The number of piperazine rings is 1. The van der Waals surface area contributed by atoms with Gasteiger partial charge in [0.15, 0.2) is 0 Å². The molecule has 0 radical (unpaired) electrons. The van der Waals surface area contributed by atoms with Gasteiger partial charge in [-0.05, 0) is 6.07 Å². The molecule has 3 rings (SSSR count). The first-order chi connectivity index (χ1) is 8.48. The minimum atomic E-state index is -4.43. The first-order valence-corrected chi connectivity index (χ1v) is 5.71. The zero-order valence-corrected chi connectivity index (χ0v) is 9.41. The summed E-state index contributed by atoms with van der Waals surface area (Å²) in [6, 6.07) is 0.787. The van der Waals surface area contributed by atoms with Crippen molar-refractivity contribution in [2.75, 3.05) is 24.5 Å². The van der Waals surface area contributed by atoms with Crippen LogP contribution in [0.15, 0.2) is 12.3 Å². The second-order valence-corrected chi connectivity index (χ2v) is 4.54. The predicted molar refractivity (Wildman–Crippen MR) is 58.2 cm³/mol. The Morgan fingerprint density at radius 2 is 2.22 bits per heavy atom. The van der Waals surface area contributed by atoms with E-state index in [2.05, 4.69) is 10.3 Å². The smallest absolute Gasteiger partial charge is 0.386 e. The van der Waals surface area contributed by atoms with Gasteiger partial charge in [0.1, 0.15) is 11.9 Å². The third-order valence-electron chi connectivity index (χ3n) is 3.46. The van der Waals surface area contributed by atoms with Crippen molar-refractivity contribution >= 4 is 5.82 Å². The van der Waals surface area contributed by atoms with Crippen molar-refractivity contribution in [1.29, 1.82) is 0 Å². The number of rotatable bonds is 0. The number of pyridine rings is 1. The minimum Gasteiger partial charge on any atom is -0.386 e. The highest BCUT2D eigenvalue weighted by Gasteiger charge is 2.42. The number of alkyl halides is 3. The number of halogens is 3. The van der Waals surface area contributed by atoms with Gasteiger partial charge in [-0.25, -0.2) is 4.98 Å². The molecule has 2 aliphatic heterocycles. The van der Waals surface area contributed by atoms with Gasteiger partial charge in [0, 0.05) is 31.4 Å². The SMILES string of the molecule is O[C@@H]1c2cc(C(F)(F)F)cnc2N2CCNC[C@@H]12. The summed E-state index contributed by atoms with van der Waals surface area (Å²) in [5.41, 5.74) is -0.536. The van der Waals surface area contributed by atoms with Crippen LogP contribution in [0.25, 0.3) is 0 Å². The molecule has 0 spiro atoms. The maximum atomic E-state index is 12.6. The number of fused-ring (bicyclic) bond motifs is 3. The predicted octanol–water partition coefficient (Wildman–Crippen LogP) is 0.926. The average molecular weight is 259 g/mol. The molecule has 0 unspecified atom stereocenters. The summed E-state index contributed by atoms with van der Waals surface area (Å²) in [5.74, 6) is 0.474. The van der Waals surface area contributed by atoms with Crippen molar-refractivity contribution in [2.45, 2.75) is 18.3 Å². The van der Waals surface area contributed by atoms with Crippen LogP contribution in [0, 0.1) is 0 Å². The summed E-state index contributed by atoms with van der Waals surface area (Å²) in [6.07, 6.45) is -4.51. The fraction of sp³-hybridized carbons (Fsp3) is 0.545. The Kier molecular flexibility index (Phi) is 2.49. The summed E-state index contributed by atoms with van der Waals surface area (Å²) in [7, 11) is 0. The molecule has 0 amide bonds. The number of anilines is 1. The number of hydrogen-bond acceptors (Lipinski definition) is 4. The highest BCUT2D eigenvalue weighted by molar-refractivity contribution is 5.57. The largest absolute Gasteiger partial charge is 0.417 e. The molecule has 2 atom stereocenters. The lowest BCUT2D eigenvalue weighted by Crippen LogP contribution is -2.51. The van der Waals surface area contributed by atoms with Crippen LogP contribution in [0.3, 0.4) is 0 Å². The highest BCUT2D eigenvalue weighted by Crippen LogP contribution is 2.41. The molecule has 1 fully saturated rings. The molecular weight excluding hydrogens is 247 g/mol. The van der Waals surface area contributed by atoms with Gasteiger partial charge < -0.3 is 15.3 Å². The Hall–Kier alpha value is -1.34. The molecule has 1 saturated heterocycles. The quantitative estimate of drug-likeness (QED) is 0.727. The maximum absolute atomic E-state index is 12.6. The molecule has 0 saturated carbocycles. The highest BCUT2D eigenvalue weighted by atomic mass is 19.4. The normalized spacial score (nSPS) is 27.0. The Balaban J connectivity index is 2.03.